The highest BCUT2D eigenvalue weighted by Gasteiger charge is 2.18. The SMILES string of the molecule is CC(C)Oc1ccc(C(=O)NCC(=O)NCCNc2ccc(S(C)(=O)=O)cc2[N+](=O)[O-])cc1. The van der Waals surface area contributed by atoms with Crippen LogP contribution in [0, 0.1) is 10.1 Å². The number of hydrogen-bond acceptors (Lipinski definition) is 8. The lowest BCUT2D eigenvalue weighted by Gasteiger charge is -2.11. The Balaban J connectivity index is 1.79. The number of ether oxygens (including phenoxy) is 1. The fraction of sp³-hybridized carbons (Fsp3) is 0.333. The van der Waals surface area contributed by atoms with E-state index in [1.54, 1.807) is 24.3 Å². The molecule has 0 heterocycles. The van der Waals surface area contributed by atoms with E-state index >= 15 is 0 Å². The number of nitro benzene ring substituents is 1. The van der Waals surface area contributed by atoms with E-state index in [-0.39, 0.29) is 42.0 Å². The number of sulfone groups is 1. The van der Waals surface area contributed by atoms with Crippen molar-refractivity contribution in [2.75, 3.05) is 31.2 Å². The molecule has 0 radical (unpaired) electrons. The number of benzene rings is 2. The molecule has 33 heavy (non-hydrogen) atoms. The molecule has 178 valence electrons. The van der Waals surface area contributed by atoms with Crippen LogP contribution < -0.4 is 20.7 Å². The van der Waals surface area contributed by atoms with Crippen molar-refractivity contribution < 1.29 is 27.7 Å². The third kappa shape index (κ3) is 8.07. The molecule has 0 atom stereocenters. The highest BCUT2D eigenvalue weighted by Crippen LogP contribution is 2.27. The molecule has 2 aromatic carbocycles. The average Bonchev–Trinajstić information content (AvgIpc) is 2.74. The molecule has 0 spiro atoms. The predicted molar refractivity (Wildman–Crippen MR) is 122 cm³/mol. The molecule has 2 rings (SSSR count). The Hall–Kier alpha value is -3.67. The van der Waals surface area contributed by atoms with Crippen LogP contribution in [0.2, 0.25) is 0 Å². The molecule has 0 saturated carbocycles. The number of rotatable bonds is 11. The van der Waals surface area contributed by atoms with Crippen LogP contribution in [0.4, 0.5) is 11.4 Å². The molecule has 0 saturated heterocycles. The first kappa shape index (κ1) is 25.6. The highest BCUT2D eigenvalue weighted by atomic mass is 32.2. The molecule has 0 aliphatic heterocycles. The van der Waals surface area contributed by atoms with Gasteiger partial charge in [-0.2, -0.15) is 0 Å². The number of carbonyl (C=O) groups is 2. The standard InChI is InChI=1S/C21H26N4O7S/c1-14(2)32-16-6-4-15(5-7-16)21(27)24-13-20(26)23-11-10-22-18-9-8-17(33(3,30)31)12-19(18)25(28)29/h4-9,12,14,22H,10-11,13H2,1-3H3,(H,23,26)(H,24,27). The molecular weight excluding hydrogens is 452 g/mol. The van der Waals surface area contributed by atoms with E-state index in [2.05, 4.69) is 16.0 Å². The van der Waals surface area contributed by atoms with E-state index in [0.717, 1.165) is 12.3 Å². The molecule has 0 aromatic heterocycles. The van der Waals surface area contributed by atoms with Crippen molar-refractivity contribution in [2.24, 2.45) is 0 Å². The van der Waals surface area contributed by atoms with Gasteiger partial charge in [-0.15, -0.1) is 0 Å². The van der Waals surface area contributed by atoms with Crippen LogP contribution in [0.1, 0.15) is 24.2 Å². The van der Waals surface area contributed by atoms with Crippen LogP contribution >= 0.6 is 0 Å². The van der Waals surface area contributed by atoms with Gasteiger partial charge in [-0.1, -0.05) is 0 Å². The van der Waals surface area contributed by atoms with Crippen molar-refractivity contribution in [3.63, 3.8) is 0 Å². The Morgan fingerprint density at radius 2 is 1.73 bits per heavy atom. The zero-order valence-corrected chi connectivity index (χ0v) is 19.3. The molecule has 0 fully saturated rings. The summed E-state index contributed by atoms with van der Waals surface area (Å²) in [6.45, 7) is 3.82. The highest BCUT2D eigenvalue weighted by molar-refractivity contribution is 7.90. The van der Waals surface area contributed by atoms with Crippen LogP contribution in [0.3, 0.4) is 0 Å². The van der Waals surface area contributed by atoms with Gasteiger partial charge in [0.2, 0.25) is 5.91 Å². The molecule has 0 unspecified atom stereocenters. The lowest BCUT2D eigenvalue weighted by Crippen LogP contribution is -2.38. The van der Waals surface area contributed by atoms with Gasteiger partial charge < -0.3 is 20.7 Å². The predicted octanol–water partition coefficient (Wildman–Crippen LogP) is 1.74. The molecule has 12 heteroatoms. The third-order valence-electron chi connectivity index (χ3n) is 4.25. The second-order valence-electron chi connectivity index (χ2n) is 7.36. The van der Waals surface area contributed by atoms with Crippen molar-refractivity contribution in [1.82, 2.24) is 10.6 Å². The summed E-state index contributed by atoms with van der Waals surface area (Å²) >= 11 is 0. The van der Waals surface area contributed by atoms with Crippen molar-refractivity contribution in [3.8, 4) is 5.75 Å². The molecule has 11 nitrogen and oxygen atoms in total. The number of nitro groups is 1. The quantitative estimate of drug-likeness (QED) is 0.250. The van der Waals surface area contributed by atoms with E-state index in [1.807, 2.05) is 13.8 Å². The fourth-order valence-electron chi connectivity index (χ4n) is 2.72. The number of anilines is 1. The molecule has 0 aliphatic rings. The Labute approximate surface area is 191 Å². The normalized spacial score (nSPS) is 11.0. The van der Waals surface area contributed by atoms with Crippen LogP contribution in [0.25, 0.3) is 0 Å². The van der Waals surface area contributed by atoms with Crippen LogP contribution in [-0.4, -0.2) is 57.1 Å². The fourth-order valence-corrected chi connectivity index (χ4v) is 3.36. The van der Waals surface area contributed by atoms with E-state index in [9.17, 15) is 28.1 Å². The summed E-state index contributed by atoms with van der Waals surface area (Å²) in [7, 11) is -3.58. The van der Waals surface area contributed by atoms with Crippen molar-refractivity contribution >= 4 is 33.0 Å². The van der Waals surface area contributed by atoms with Crippen molar-refractivity contribution in [3.05, 3.63) is 58.1 Å². The molecule has 2 amide bonds. The average molecular weight is 479 g/mol. The molecule has 3 N–H and O–H groups in total. The number of hydrogen-bond donors (Lipinski definition) is 3. The minimum Gasteiger partial charge on any atom is -0.491 e. The van der Waals surface area contributed by atoms with Crippen LogP contribution in [0.15, 0.2) is 47.4 Å². The van der Waals surface area contributed by atoms with Gasteiger partial charge in [0, 0.05) is 31.0 Å². The number of carbonyl (C=O) groups excluding carboxylic acids is 2. The Bertz CT molecular complexity index is 1120. The topological polar surface area (TPSA) is 157 Å². The first-order valence-corrected chi connectivity index (χ1v) is 11.9. The van der Waals surface area contributed by atoms with Gasteiger partial charge in [0.15, 0.2) is 9.84 Å². The minimum atomic E-state index is -3.58. The molecular formula is C21H26N4O7S. The largest absolute Gasteiger partial charge is 0.491 e. The van der Waals surface area contributed by atoms with E-state index in [4.69, 9.17) is 4.74 Å². The molecule has 2 aromatic rings. The van der Waals surface area contributed by atoms with Gasteiger partial charge in [-0.3, -0.25) is 19.7 Å². The summed E-state index contributed by atoms with van der Waals surface area (Å²) < 4.78 is 28.7. The van der Waals surface area contributed by atoms with Gasteiger partial charge in [0.1, 0.15) is 11.4 Å². The smallest absolute Gasteiger partial charge is 0.293 e. The third-order valence-corrected chi connectivity index (χ3v) is 5.36. The number of nitrogens with one attached hydrogen (secondary N) is 3. The monoisotopic (exact) mass is 478 g/mol. The van der Waals surface area contributed by atoms with Gasteiger partial charge >= 0.3 is 0 Å². The zero-order valence-electron chi connectivity index (χ0n) is 18.5. The summed E-state index contributed by atoms with van der Waals surface area (Å²) in [6.07, 6.45) is 0.977. The zero-order chi connectivity index (χ0) is 24.6. The molecule has 0 aliphatic carbocycles. The maximum Gasteiger partial charge on any atom is 0.293 e. The number of nitrogens with zero attached hydrogens (tertiary/aromatic N) is 1. The summed E-state index contributed by atoms with van der Waals surface area (Å²) in [4.78, 5) is 34.5. The van der Waals surface area contributed by atoms with Crippen LogP contribution in [-0.2, 0) is 14.6 Å². The van der Waals surface area contributed by atoms with Crippen molar-refractivity contribution in [1.29, 1.82) is 0 Å². The summed E-state index contributed by atoms with van der Waals surface area (Å²) in [6, 6.07) is 10.1. The summed E-state index contributed by atoms with van der Waals surface area (Å²) in [5.74, 6) is -0.217. The van der Waals surface area contributed by atoms with E-state index in [0.29, 0.717) is 11.3 Å². The van der Waals surface area contributed by atoms with Gasteiger partial charge in [0.05, 0.1) is 22.5 Å². The second kappa shape index (κ2) is 11.3. The Morgan fingerprint density at radius 3 is 2.30 bits per heavy atom. The summed E-state index contributed by atoms with van der Waals surface area (Å²) in [5, 5.41) is 19.1. The van der Waals surface area contributed by atoms with E-state index < -0.39 is 26.6 Å². The lowest BCUT2D eigenvalue weighted by atomic mass is 10.2. The maximum absolute atomic E-state index is 12.1. The van der Waals surface area contributed by atoms with Crippen molar-refractivity contribution in [2.45, 2.75) is 24.8 Å². The first-order valence-electron chi connectivity index (χ1n) is 10.0. The van der Waals surface area contributed by atoms with E-state index in [1.165, 1.54) is 12.1 Å². The second-order valence-corrected chi connectivity index (χ2v) is 9.37. The van der Waals surface area contributed by atoms with Crippen LogP contribution in [0.5, 0.6) is 5.75 Å². The van der Waals surface area contributed by atoms with Gasteiger partial charge in [-0.05, 0) is 50.2 Å². The minimum absolute atomic E-state index is 0.0147. The molecule has 0 bridgehead atoms. The Kier molecular flexibility index (Phi) is 8.74. The van der Waals surface area contributed by atoms with Gasteiger partial charge in [-0.25, -0.2) is 8.42 Å². The first-order chi connectivity index (χ1) is 15.5. The maximum atomic E-state index is 12.1. The lowest BCUT2D eigenvalue weighted by molar-refractivity contribution is -0.384. The number of amides is 2. The van der Waals surface area contributed by atoms with Gasteiger partial charge in [0.25, 0.3) is 11.6 Å². The summed E-state index contributed by atoms with van der Waals surface area (Å²) in [5.41, 5.74) is 0.117. The Morgan fingerprint density at radius 1 is 1.06 bits per heavy atom.